The van der Waals surface area contributed by atoms with Gasteiger partial charge in [-0.2, -0.15) is 0 Å². The van der Waals surface area contributed by atoms with Crippen LogP contribution in [-0.4, -0.2) is 36.4 Å². The van der Waals surface area contributed by atoms with Gasteiger partial charge in [0.05, 0.1) is 19.4 Å². The molecule has 142 valence electrons. The van der Waals surface area contributed by atoms with E-state index in [0.29, 0.717) is 18.3 Å². The minimum Gasteiger partial charge on any atom is -0.459 e. The number of carbonyl (C=O) groups excluding carboxylic acids is 1. The number of amides is 1. The Morgan fingerprint density at radius 1 is 1.19 bits per heavy atom. The van der Waals surface area contributed by atoms with Gasteiger partial charge in [0.15, 0.2) is 5.76 Å². The second-order valence-corrected chi connectivity index (χ2v) is 8.10. The van der Waals surface area contributed by atoms with Gasteiger partial charge in [0.25, 0.3) is 5.91 Å². The van der Waals surface area contributed by atoms with Crippen LogP contribution in [0.3, 0.4) is 0 Å². The molecule has 0 aliphatic rings. The van der Waals surface area contributed by atoms with Gasteiger partial charge in [0.2, 0.25) is 5.13 Å². The molecule has 0 saturated heterocycles. The summed E-state index contributed by atoms with van der Waals surface area (Å²) >= 11 is 1.37. The highest BCUT2D eigenvalue weighted by atomic mass is 32.1. The van der Waals surface area contributed by atoms with Crippen molar-refractivity contribution in [2.24, 2.45) is 0 Å². The highest BCUT2D eigenvalue weighted by Crippen LogP contribution is 2.31. The molecule has 0 spiro atoms. The molecule has 7 heteroatoms. The molecule has 3 rings (SSSR count). The Morgan fingerprint density at radius 3 is 2.52 bits per heavy atom. The summed E-state index contributed by atoms with van der Waals surface area (Å²) in [6.07, 6.45) is 1.48. The molecule has 0 bridgehead atoms. The van der Waals surface area contributed by atoms with E-state index in [0.717, 1.165) is 10.6 Å². The summed E-state index contributed by atoms with van der Waals surface area (Å²) < 4.78 is 10.4. The van der Waals surface area contributed by atoms with E-state index in [9.17, 15) is 4.79 Å². The number of anilines is 1. The van der Waals surface area contributed by atoms with Crippen LogP contribution in [0.5, 0.6) is 0 Å². The van der Waals surface area contributed by atoms with Crippen LogP contribution in [0.1, 0.15) is 36.9 Å². The summed E-state index contributed by atoms with van der Waals surface area (Å²) in [5.74, 6) is 0.000198. The number of furan rings is 1. The van der Waals surface area contributed by atoms with E-state index in [1.165, 1.54) is 28.1 Å². The number of rotatable bonds is 6. The minimum atomic E-state index is -0.261. The molecule has 2 heterocycles. The van der Waals surface area contributed by atoms with Crippen molar-refractivity contribution in [1.29, 1.82) is 0 Å². The molecule has 0 aliphatic heterocycles. The van der Waals surface area contributed by atoms with Gasteiger partial charge < -0.3 is 9.15 Å². The van der Waals surface area contributed by atoms with E-state index in [1.54, 1.807) is 19.2 Å². The van der Waals surface area contributed by atoms with Crippen LogP contribution in [0.25, 0.3) is 10.6 Å². The number of hydrogen-bond acceptors (Lipinski definition) is 6. The van der Waals surface area contributed by atoms with Crippen LogP contribution in [0.15, 0.2) is 47.1 Å². The standard InChI is InChI=1S/C20H23N3O3S/c1-20(2,3)15-9-7-14(8-10-15)17-21-22-19(27-17)23(11-13-25-4)18(24)16-6-5-12-26-16/h5-10,12H,11,13H2,1-4H3. The molecule has 0 atom stereocenters. The van der Waals surface area contributed by atoms with Crippen molar-refractivity contribution in [1.82, 2.24) is 10.2 Å². The zero-order valence-corrected chi connectivity index (χ0v) is 16.7. The highest BCUT2D eigenvalue weighted by Gasteiger charge is 2.24. The fraction of sp³-hybridized carbons (Fsp3) is 0.350. The predicted molar refractivity (Wildman–Crippen MR) is 106 cm³/mol. The molecular weight excluding hydrogens is 362 g/mol. The third kappa shape index (κ3) is 4.43. The largest absolute Gasteiger partial charge is 0.459 e. The number of carbonyl (C=O) groups is 1. The van der Waals surface area contributed by atoms with Crippen LogP contribution in [-0.2, 0) is 10.2 Å². The maximum Gasteiger partial charge on any atom is 0.295 e. The SMILES string of the molecule is COCCN(C(=O)c1ccco1)c1nnc(-c2ccc(C(C)(C)C)cc2)s1. The zero-order chi connectivity index (χ0) is 19.4. The second-order valence-electron chi connectivity index (χ2n) is 7.14. The van der Waals surface area contributed by atoms with Crippen LogP contribution >= 0.6 is 11.3 Å². The zero-order valence-electron chi connectivity index (χ0n) is 15.9. The molecule has 0 aliphatic carbocycles. The minimum absolute atomic E-state index is 0.0945. The van der Waals surface area contributed by atoms with E-state index in [-0.39, 0.29) is 17.1 Å². The Labute approximate surface area is 162 Å². The van der Waals surface area contributed by atoms with Crippen molar-refractivity contribution in [3.8, 4) is 10.6 Å². The highest BCUT2D eigenvalue weighted by molar-refractivity contribution is 7.18. The van der Waals surface area contributed by atoms with E-state index in [1.807, 2.05) is 12.1 Å². The van der Waals surface area contributed by atoms with Crippen molar-refractivity contribution in [2.45, 2.75) is 26.2 Å². The lowest BCUT2D eigenvalue weighted by molar-refractivity contribution is 0.0949. The number of aromatic nitrogens is 2. The maximum absolute atomic E-state index is 12.7. The number of methoxy groups -OCH3 is 1. The van der Waals surface area contributed by atoms with Crippen LogP contribution in [0, 0.1) is 0 Å². The van der Waals surface area contributed by atoms with Gasteiger partial charge in [0.1, 0.15) is 5.01 Å². The third-order valence-electron chi connectivity index (χ3n) is 4.14. The lowest BCUT2D eigenvalue weighted by atomic mass is 9.87. The molecule has 0 radical (unpaired) electrons. The summed E-state index contributed by atoms with van der Waals surface area (Å²) in [6, 6.07) is 11.6. The normalized spacial score (nSPS) is 11.6. The smallest absolute Gasteiger partial charge is 0.295 e. The Bertz CT molecular complexity index is 880. The fourth-order valence-corrected chi connectivity index (χ4v) is 3.43. The van der Waals surface area contributed by atoms with E-state index in [4.69, 9.17) is 9.15 Å². The number of ether oxygens (including phenoxy) is 1. The average molecular weight is 385 g/mol. The van der Waals surface area contributed by atoms with Gasteiger partial charge in [-0.1, -0.05) is 56.4 Å². The molecule has 6 nitrogen and oxygen atoms in total. The summed E-state index contributed by atoms with van der Waals surface area (Å²) in [4.78, 5) is 14.3. The van der Waals surface area contributed by atoms with Crippen molar-refractivity contribution in [2.75, 3.05) is 25.2 Å². The van der Waals surface area contributed by atoms with Gasteiger partial charge >= 0.3 is 0 Å². The molecule has 1 amide bonds. The summed E-state index contributed by atoms with van der Waals surface area (Å²) in [5, 5.41) is 9.78. The van der Waals surface area contributed by atoms with E-state index in [2.05, 4.69) is 43.1 Å². The van der Waals surface area contributed by atoms with Crippen molar-refractivity contribution < 1.29 is 13.9 Å². The first-order valence-electron chi connectivity index (χ1n) is 8.69. The first-order valence-corrected chi connectivity index (χ1v) is 9.50. The second kappa shape index (κ2) is 8.02. The molecule has 0 N–H and O–H groups in total. The molecule has 27 heavy (non-hydrogen) atoms. The van der Waals surface area contributed by atoms with Crippen molar-refractivity contribution in [3.05, 3.63) is 54.0 Å². The molecule has 0 unspecified atom stereocenters. The van der Waals surface area contributed by atoms with Gasteiger partial charge in [-0.25, -0.2) is 0 Å². The average Bonchev–Trinajstić information content (AvgIpc) is 3.33. The first-order chi connectivity index (χ1) is 12.9. The molecule has 2 aromatic heterocycles. The van der Waals surface area contributed by atoms with Crippen LogP contribution in [0.4, 0.5) is 5.13 Å². The fourth-order valence-electron chi connectivity index (χ4n) is 2.55. The summed E-state index contributed by atoms with van der Waals surface area (Å²) in [5.41, 5.74) is 2.33. The Kier molecular flexibility index (Phi) is 5.72. The maximum atomic E-state index is 12.7. The Hall–Kier alpha value is -2.51. The van der Waals surface area contributed by atoms with Crippen molar-refractivity contribution >= 4 is 22.4 Å². The summed E-state index contributed by atoms with van der Waals surface area (Å²) in [7, 11) is 1.60. The predicted octanol–water partition coefficient (Wildman–Crippen LogP) is 4.39. The Balaban J connectivity index is 1.86. The molecule has 1 aromatic carbocycles. The van der Waals surface area contributed by atoms with Gasteiger partial charge in [-0.05, 0) is 23.1 Å². The lowest BCUT2D eigenvalue weighted by Crippen LogP contribution is -2.33. The summed E-state index contributed by atoms with van der Waals surface area (Å²) in [6.45, 7) is 7.30. The number of nitrogens with zero attached hydrogens (tertiary/aromatic N) is 3. The van der Waals surface area contributed by atoms with Gasteiger partial charge in [-0.15, -0.1) is 10.2 Å². The third-order valence-corrected chi connectivity index (χ3v) is 5.13. The topological polar surface area (TPSA) is 68.5 Å². The van der Waals surface area contributed by atoms with Gasteiger partial charge in [0, 0.05) is 12.7 Å². The molecule has 0 saturated carbocycles. The number of benzene rings is 1. The van der Waals surface area contributed by atoms with Crippen molar-refractivity contribution in [3.63, 3.8) is 0 Å². The molecular formula is C20H23N3O3S. The quantitative estimate of drug-likeness (QED) is 0.629. The molecule has 3 aromatic rings. The first kappa shape index (κ1) is 19.3. The van der Waals surface area contributed by atoms with Gasteiger partial charge in [-0.3, -0.25) is 9.69 Å². The van der Waals surface area contributed by atoms with E-state index >= 15 is 0 Å². The van der Waals surface area contributed by atoms with Crippen LogP contribution < -0.4 is 4.90 Å². The number of hydrogen-bond donors (Lipinski definition) is 0. The molecule has 0 fully saturated rings. The monoisotopic (exact) mass is 385 g/mol. The van der Waals surface area contributed by atoms with Crippen LogP contribution in [0.2, 0.25) is 0 Å². The Morgan fingerprint density at radius 2 is 1.93 bits per heavy atom. The lowest BCUT2D eigenvalue weighted by Gasteiger charge is -2.18. The van der Waals surface area contributed by atoms with E-state index < -0.39 is 0 Å².